The lowest BCUT2D eigenvalue weighted by Gasteiger charge is -2.33. The SMILES string of the molecule is CN(C(=O)C(Cc1ccccc1)NC(=O)OC(C)(C)C)C(C(=O)NC(C)(C)C)c1ccc(O)cc1. The second-order valence-electron chi connectivity index (χ2n) is 10.6. The minimum Gasteiger partial charge on any atom is -0.508 e. The number of rotatable bonds is 7. The maximum Gasteiger partial charge on any atom is 0.408 e. The molecule has 0 aromatic heterocycles. The predicted molar refractivity (Wildman–Crippen MR) is 135 cm³/mol. The summed E-state index contributed by atoms with van der Waals surface area (Å²) in [6.45, 7) is 10.8. The first-order valence-electron chi connectivity index (χ1n) is 11.6. The fourth-order valence-electron chi connectivity index (χ4n) is 3.52. The minimum absolute atomic E-state index is 0.0475. The highest BCUT2D eigenvalue weighted by Crippen LogP contribution is 2.24. The van der Waals surface area contributed by atoms with Gasteiger partial charge >= 0.3 is 6.09 Å². The van der Waals surface area contributed by atoms with Crippen LogP contribution < -0.4 is 10.6 Å². The zero-order valence-corrected chi connectivity index (χ0v) is 21.6. The van der Waals surface area contributed by atoms with E-state index in [-0.39, 0.29) is 18.1 Å². The Morgan fingerprint density at radius 3 is 2.03 bits per heavy atom. The van der Waals surface area contributed by atoms with E-state index >= 15 is 0 Å². The number of nitrogens with zero attached hydrogens (tertiary/aromatic N) is 1. The highest BCUT2D eigenvalue weighted by molar-refractivity contribution is 5.92. The maximum absolute atomic E-state index is 13.7. The molecule has 0 aliphatic rings. The number of nitrogens with one attached hydrogen (secondary N) is 2. The number of alkyl carbamates (subject to hydrolysis) is 1. The number of benzene rings is 2. The molecule has 0 radical (unpaired) electrons. The number of phenolic OH excluding ortho intramolecular Hbond substituents is 1. The van der Waals surface area contributed by atoms with Crippen molar-refractivity contribution >= 4 is 17.9 Å². The van der Waals surface area contributed by atoms with Crippen molar-refractivity contribution in [2.45, 2.75) is 71.2 Å². The number of amides is 3. The van der Waals surface area contributed by atoms with Crippen molar-refractivity contribution in [3.05, 3.63) is 65.7 Å². The summed E-state index contributed by atoms with van der Waals surface area (Å²) in [7, 11) is 1.52. The molecule has 0 aliphatic carbocycles. The summed E-state index contributed by atoms with van der Waals surface area (Å²) in [4.78, 5) is 40.9. The van der Waals surface area contributed by atoms with Crippen molar-refractivity contribution < 1.29 is 24.2 Å². The first-order chi connectivity index (χ1) is 16.2. The molecule has 2 unspecified atom stereocenters. The molecule has 0 saturated carbocycles. The van der Waals surface area contributed by atoms with Crippen molar-refractivity contribution in [1.29, 1.82) is 0 Å². The van der Waals surface area contributed by atoms with Crippen LogP contribution in [0.25, 0.3) is 0 Å². The van der Waals surface area contributed by atoms with Gasteiger partial charge in [-0.15, -0.1) is 0 Å². The monoisotopic (exact) mass is 483 g/mol. The maximum atomic E-state index is 13.7. The molecule has 3 amide bonds. The van der Waals surface area contributed by atoms with Gasteiger partial charge in [-0.2, -0.15) is 0 Å². The molecule has 0 spiro atoms. The summed E-state index contributed by atoms with van der Waals surface area (Å²) in [5.74, 6) is -0.789. The number of hydrogen-bond donors (Lipinski definition) is 3. The van der Waals surface area contributed by atoms with Crippen LogP contribution in [0.4, 0.5) is 4.79 Å². The Morgan fingerprint density at radius 2 is 1.51 bits per heavy atom. The fraction of sp³-hybridized carbons (Fsp3) is 0.444. The average Bonchev–Trinajstić information content (AvgIpc) is 2.72. The van der Waals surface area contributed by atoms with Crippen molar-refractivity contribution in [2.24, 2.45) is 0 Å². The second kappa shape index (κ2) is 11.3. The second-order valence-corrected chi connectivity index (χ2v) is 10.6. The topological polar surface area (TPSA) is 108 Å². The summed E-state index contributed by atoms with van der Waals surface area (Å²) in [6.07, 6.45) is -0.507. The molecule has 8 nitrogen and oxygen atoms in total. The first-order valence-corrected chi connectivity index (χ1v) is 11.6. The lowest BCUT2D eigenvalue weighted by Crippen LogP contribution is -2.54. The van der Waals surface area contributed by atoms with Gasteiger partial charge in [0, 0.05) is 19.0 Å². The smallest absolute Gasteiger partial charge is 0.408 e. The van der Waals surface area contributed by atoms with E-state index in [2.05, 4.69) is 10.6 Å². The van der Waals surface area contributed by atoms with Gasteiger partial charge in [0.1, 0.15) is 23.4 Å². The summed E-state index contributed by atoms with van der Waals surface area (Å²) < 4.78 is 5.38. The molecule has 35 heavy (non-hydrogen) atoms. The van der Waals surface area contributed by atoms with E-state index in [0.717, 1.165) is 5.56 Å². The molecule has 0 saturated heterocycles. The van der Waals surface area contributed by atoms with Gasteiger partial charge in [0.25, 0.3) is 0 Å². The van der Waals surface area contributed by atoms with Crippen LogP contribution >= 0.6 is 0 Å². The molecule has 2 atom stereocenters. The number of hydrogen-bond acceptors (Lipinski definition) is 5. The quantitative estimate of drug-likeness (QED) is 0.553. The van der Waals surface area contributed by atoms with E-state index < -0.39 is 35.2 Å². The Bertz CT molecular complexity index is 1010. The van der Waals surface area contributed by atoms with Crippen LogP contribution in [0.5, 0.6) is 5.75 Å². The lowest BCUT2D eigenvalue weighted by molar-refractivity contribution is -0.141. The van der Waals surface area contributed by atoms with Gasteiger partial charge in [0.2, 0.25) is 11.8 Å². The summed E-state index contributed by atoms with van der Waals surface area (Å²) in [6, 6.07) is 13.5. The summed E-state index contributed by atoms with van der Waals surface area (Å²) in [5.41, 5.74) is 0.0954. The highest BCUT2D eigenvalue weighted by Gasteiger charge is 2.35. The van der Waals surface area contributed by atoms with Gasteiger partial charge < -0.3 is 25.4 Å². The van der Waals surface area contributed by atoms with Crippen LogP contribution in [-0.2, 0) is 20.7 Å². The van der Waals surface area contributed by atoms with Gasteiger partial charge in [-0.05, 0) is 64.8 Å². The van der Waals surface area contributed by atoms with Crippen molar-refractivity contribution in [1.82, 2.24) is 15.5 Å². The third kappa shape index (κ3) is 8.96. The Kier molecular flexibility index (Phi) is 8.90. The number of likely N-dealkylation sites (N-methyl/N-ethyl adjacent to an activating group) is 1. The largest absolute Gasteiger partial charge is 0.508 e. The molecule has 0 bridgehead atoms. The van der Waals surface area contributed by atoms with Crippen molar-refractivity contribution in [3.63, 3.8) is 0 Å². The molecule has 3 N–H and O–H groups in total. The van der Waals surface area contributed by atoms with Crippen LogP contribution in [0, 0.1) is 0 Å². The zero-order valence-electron chi connectivity index (χ0n) is 21.6. The molecular weight excluding hydrogens is 446 g/mol. The third-order valence-electron chi connectivity index (χ3n) is 4.96. The number of ether oxygens (including phenoxy) is 1. The van der Waals surface area contributed by atoms with Crippen LogP contribution in [0.2, 0.25) is 0 Å². The van der Waals surface area contributed by atoms with E-state index in [1.165, 1.54) is 24.1 Å². The van der Waals surface area contributed by atoms with Crippen LogP contribution in [0.1, 0.15) is 58.7 Å². The fourth-order valence-corrected chi connectivity index (χ4v) is 3.52. The van der Waals surface area contributed by atoms with Gasteiger partial charge in [0.05, 0.1) is 0 Å². The Hall–Kier alpha value is -3.55. The van der Waals surface area contributed by atoms with Gasteiger partial charge in [-0.1, -0.05) is 42.5 Å². The predicted octanol–water partition coefficient (Wildman–Crippen LogP) is 3.94. The molecule has 0 aliphatic heterocycles. The molecule has 2 rings (SSSR count). The molecule has 8 heteroatoms. The number of aromatic hydroxyl groups is 1. The van der Waals surface area contributed by atoms with Crippen molar-refractivity contribution in [2.75, 3.05) is 7.05 Å². The Balaban J connectivity index is 2.40. The van der Waals surface area contributed by atoms with Crippen LogP contribution in [0.15, 0.2) is 54.6 Å². The molecule has 2 aromatic carbocycles. The van der Waals surface area contributed by atoms with E-state index in [1.807, 2.05) is 51.1 Å². The Morgan fingerprint density at radius 1 is 0.943 bits per heavy atom. The average molecular weight is 484 g/mol. The number of phenols is 1. The third-order valence-corrected chi connectivity index (χ3v) is 4.96. The lowest BCUT2D eigenvalue weighted by atomic mass is 9.99. The highest BCUT2D eigenvalue weighted by atomic mass is 16.6. The van der Waals surface area contributed by atoms with Gasteiger partial charge in [-0.25, -0.2) is 4.79 Å². The minimum atomic E-state index is -0.985. The van der Waals surface area contributed by atoms with E-state index in [4.69, 9.17) is 4.74 Å². The summed E-state index contributed by atoms with van der Waals surface area (Å²) in [5, 5.41) is 15.3. The molecule has 190 valence electrons. The summed E-state index contributed by atoms with van der Waals surface area (Å²) >= 11 is 0. The van der Waals surface area contributed by atoms with E-state index in [1.54, 1.807) is 32.9 Å². The number of carbonyl (C=O) groups excluding carboxylic acids is 3. The van der Waals surface area contributed by atoms with Gasteiger partial charge in [0.15, 0.2) is 0 Å². The first kappa shape index (κ1) is 27.7. The zero-order chi connectivity index (χ0) is 26.4. The van der Waals surface area contributed by atoms with Crippen LogP contribution in [0.3, 0.4) is 0 Å². The standard InChI is InChI=1S/C27H37N3O5/c1-26(2,3)29-23(32)22(19-13-15-20(31)16-14-19)30(7)24(33)21(17-18-11-9-8-10-12-18)28-25(34)35-27(4,5)6/h8-16,21-22,31H,17H2,1-7H3,(H,28,34)(H,29,32). The molecular formula is C27H37N3O5. The van der Waals surface area contributed by atoms with Crippen LogP contribution in [-0.4, -0.2) is 52.1 Å². The molecule has 0 heterocycles. The van der Waals surface area contributed by atoms with Crippen molar-refractivity contribution in [3.8, 4) is 5.75 Å². The molecule has 0 fully saturated rings. The van der Waals surface area contributed by atoms with E-state index in [0.29, 0.717) is 5.56 Å². The van der Waals surface area contributed by atoms with E-state index in [9.17, 15) is 19.5 Å². The normalized spacial score (nSPS) is 13.3. The van der Waals surface area contributed by atoms with Gasteiger partial charge in [-0.3, -0.25) is 9.59 Å². The molecule has 2 aromatic rings. The Labute approximate surface area is 207 Å². The number of carbonyl (C=O) groups is 3.